The molecule has 1 aromatic heterocycles. The summed E-state index contributed by atoms with van der Waals surface area (Å²) in [7, 11) is 0. The lowest BCUT2D eigenvalue weighted by atomic mass is 10.1. The lowest BCUT2D eigenvalue weighted by Crippen LogP contribution is -1.96. The Morgan fingerprint density at radius 2 is 1.86 bits per heavy atom. The molecular formula is C16H13Cl2N3. The molecule has 0 fully saturated rings. The molecule has 2 aromatic carbocycles. The summed E-state index contributed by atoms with van der Waals surface area (Å²) < 4.78 is 0. The molecule has 1 heterocycles. The number of anilines is 2. The summed E-state index contributed by atoms with van der Waals surface area (Å²) in [5, 5.41) is 5.30. The van der Waals surface area contributed by atoms with Crippen molar-refractivity contribution in [2.75, 3.05) is 5.32 Å². The van der Waals surface area contributed by atoms with Crippen LogP contribution in [0, 0.1) is 0 Å². The smallest absolute Gasteiger partial charge is 0.141 e. The van der Waals surface area contributed by atoms with Crippen LogP contribution in [0.2, 0.25) is 10.0 Å². The molecule has 0 bridgehead atoms. The first kappa shape index (κ1) is 14.1. The number of nitrogens with zero attached hydrogens (tertiary/aromatic N) is 2. The van der Waals surface area contributed by atoms with E-state index in [9.17, 15) is 0 Å². The first-order valence-corrected chi connectivity index (χ1v) is 7.38. The normalized spacial score (nSPS) is 10.8. The Labute approximate surface area is 132 Å². The summed E-state index contributed by atoms with van der Waals surface area (Å²) in [6.07, 6.45) is 2.52. The van der Waals surface area contributed by atoms with Crippen LogP contribution in [0.4, 0.5) is 11.5 Å². The quantitative estimate of drug-likeness (QED) is 0.717. The number of halogens is 2. The van der Waals surface area contributed by atoms with Crippen LogP contribution in [0.1, 0.15) is 12.5 Å². The minimum Gasteiger partial charge on any atom is -0.340 e. The van der Waals surface area contributed by atoms with Gasteiger partial charge in [-0.2, -0.15) is 0 Å². The molecule has 0 atom stereocenters. The molecule has 0 unspecified atom stereocenters. The van der Waals surface area contributed by atoms with Gasteiger partial charge in [-0.3, -0.25) is 0 Å². The summed E-state index contributed by atoms with van der Waals surface area (Å²) in [6.45, 7) is 2.12. The molecular weight excluding hydrogens is 305 g/mol. The van der Waals surface area contributed by atoms with Gasteiger partial charge in [-0.15, -0.1) is 0 Å². The van der Waals surface area contributed by atoms with E-state index in [0.717, 1.165) is 28.8 Å². The van der Waals surface area contributed by atoms with E-state index in [1.165, 1.54) is 5.56 Å². The number of hydrogen-bond donors (Lipinski definition) is 1. The van der Waals surface area contributed by atoms with Crippen molar-refractivity contribution in [2.45, 2.75) is 13.3 Å². The van der Waals surface area contributed by atoms with Crippen LogP contribution in [0.5, 0.6) is 0 Å². The van der Waals surface area contributed by atoms with Gasteiger partial charge in [0.2, 0.25) is 0 Å². The highest BCUT2D eigenvalue weighted by molar-refractivity contribution is 6.42. The molecule has 3 aromatic rings. The zero-order chi connectivity index (χ0) is 14.8. The second kappa shape index (κ2) is 5.88. The molecule has 0 aliphatic rings. The zero-order valence-corrected chi connectivity index (χ0v) is 12.9. The van der Waals surface area contributed by atoms with Gasteiger partial charge in [0.25, 0.3) is 0 Å². The number of rotatable bonds is 3. The summed E-state index contributed by atoms with van der Waals surface area (Å²) in [4.78, 5) is 8.62. The Kier molecular flexibility index (Phi) is 3.95. The van der Waals surface area contributed by atoms with E-state index in [1.807, 2.05) is 12.1 Å². The van der Waals surface area contributed by atoms with Gasteiger partial charge in [-0.05, 0) is 42.3 Å². The molecule has 0 saturated heterocycles. The average Bonchev–Trinajstić information content (AvgIpc) is 2.51. The van der Waals surface area contributed by atoms with E-state index in [0.29, 0.717) is 10.0 Å². The Bertz CT molecular complexity index is 803. The van der Waals surface area contributed by atoms with Crippen molar-refractivity contribution in [1.82, 2.24) is 9.97 Å². The van der Waals surface area contributed by atoms with Crippen LogP contribution >= 0.6 is 23.2 Å². The molecule has 3 rings (SSSR count). The van der Waals surface area contributed by atoms with Gasteiger partial charge < -0.3 is 5.32 Å². The highest BCUT2D eigenvalue weighted by Gasteiger charge is 2.06. The summed E-state index contributed by atoms with van der Waals surface area (Å²) in [5.74, 6) is 0.758. The van der Waals surface area contributed by atoms with Crippen LogP contribution in [0.15, 0.2) is 42.7 Å². The fourth-order valence-electron chi connectivity index (χ4n) is 2.13. The van der Waals surface area contributed by atoms with Crippen molar-refractivity contribution in [3.63, 3.8) is 0 Å². The molecule has 0 saturated carbocycles. The third kappa shape index (κ3) is 2.94. The molecule has 5 heteroatoms. The predicted molar refractivity (Wildman–Crippen MR) is 88.7 cm³/mol. The van der Waals surface area contributed by atoms with Crippen molar-refractivity contribution in [3.8, 4) is 0 Å². The monoisotopic (exact) mass is 317 g/mol. The van der Waals surface area contributed by atoms with E-state index in [1.54, 1.807) is 18.5 Å². The van der Waals surface area contributed by atoms with E-state index in [-0.39, 0.29) is 0 Å². The maximum Gasteiger partial charge on any atom is 0.141 e. The number of aryl methyl sites for hydroxylation is 1. The second-order valence-corrected chi connectivity index (χ2v) is 5.50. The Balaban J connectivity index is 2.05. The van der Waals surface area contributed by atoms with Gasteiger partial charge in [0.15, 0.2) is 0 Å². The van der Waals surface area contributed by atoms with Gasteiger partial charge in [0.05, 0.1) is 15.6 Å². The average molecular weight is 318 g/mol. The first-order valence-electron chi connectivity index (χ1n) is 6.63. The van der Waals surface area contributed by atoms with Crippen molar-refractivity contribution in [2.24, 2.45) is 0 Å². The molecule has 3 nitrogen and oxygen atoms in total. The van der Waals surface area contributed by atoms with Gasteiger partial charge in [0, 0.05) is 11.1 Å². The SMILES string of the molecule is CCc1ccc2ncnc(Nc3ccc(Cl)c(Cl)c3)c2c1. The van der Waals surface area contributed by atoms with Crippen molar-refractivity contribution in [1.29, 1.82) is 0 Å². The summed E-state index contributed by atoms with van der Waals surface area (Å²) >= 11 is 12.0. The Morgan fingerprint density at radius 1 is 1.00 bits per heavy atom. The van der Waals surface area contributed by atoms with Crippen LogP contribution in [0.25, 0.3) is 10.9 Å². The minimum atomic E-state index is 0.509. The van der Waals surface area contributed by atoms with Gasteiger partial charge >= 0.3 is 0 Å². The third-order valence-electron chi connectivity index (χ3n) is 3.29. The molecule has 0 aliphatic heterocycles. The Hall–Kier alpha value is -1.84. The largest absolute Gasteiger partial charge is 0.340 e. The maximum atomic E-state index is 6.04. The zero-order valence-electron chi connectivity index (χ0n) is 11.4. The number of hydrogen-bond acceptors (Lipinski definition) is 3. The maximum absolute atomic E-state index is 6.04. The highest BCUT2D eigenvalue weighted by atomic mass is 35.5. The van der Waals surface area contributed by atoms with E-state index in [2.05, 4.69) is 34.3 Å². The van der Waals surface area contributed by atoms with Crippen molar-refractivity contribution in [3.05, 3.63) is 58.3 Å². The molecule has 0 aliphatic carbocycles. The number of fused-ring (bicyclic) bond motifs is 1. The first-order chi connectivity index (χ1) is 10.2. The molecule has 21 heavy (non-hydrogen) atoms. The van der Waals surface area contributed by atoms with E-state index in [4.69, 9.17) is 23.2 Å². The lowest BCUT2D eigenvalue weighted by molar-refractivity contribution is 1.14. The summed E-state index contributed by atoms with van der Waals surface area (Å²) in [6, 6.07) is 11.6. The molecule has 1 N–H and O–H groups in total. The van der Waals surface area contributed by atoms with Crippen molar-refractivity contribution < 1.29 is 0 Å². The van der Waals surface area contributed by atoms with Gasteiger partial charge in [-0.25, -0.2) is 9.97 Å². The van der Waals surface area contributed by atoms with Gasteiger partial charge in [0.1, 0.15) is 12.1 Å². The molecule has 0 amide bonds. The standard InChI is InChI=1S/C16H13Cl2N3/c1-2-10-3-6-15-12(7-10)16(20-9-19-15)21-11-4-5-13(17)14(18)8-11/h3-9H,2H2,1H3,(H,19,20,21). The number of nitrogens with one attached hydrogen (secondary N) is 1. The van der Waals surface area contributed by atoms with E-state index >= 15 is 0 Å². The second-order valence-electron chi connectivity index (χ2n) is 4.68. The van der Waals surface area contributed by atoms with Crippen LogP contribution in [0.3, 0.4) is 0 Å². The Morgan fingerprint density at radius 3 is 2.62 bits per heavy atom. The van der Waals surface area contributed by atoms with Crippen LogP contribution in [-0.2, 0) is 6.42 Å². The van der Waals surface area contributed by atoms with Crippen molar-refractivity contribution >= 4 is 45.6 Å². The molecule has 0 spiro atoms. The lowest BCUT2D eigenvalue weighted by Gasteiger charge is -2.10. The summed E-state index contributed by atoms with van der Waals surface area (Å²) in [5.41, 5.74) is 2.99. The topological polar surface area (TPSA) is 37.8 Å². The molecule has 0 radical (unpaired) electrons. The van der Waals surface area contributed by atoms with Crippen LogP contribution < -0.4 is 5.32 Å². The van der Waals surface area contributed by atoms with Gasteiger partial charge in [-0.1, -0.05) is 36.2 Å². The molecule has 106 valence electrons. The fraction of sp³-hybridized carbons (Fsp3) is 0.125. The highest BCUT2D eigenvalue weighted by Crippen LogP contribution is 2.28. The number of aromatic nitrogens is 2. The minimum absolute atomic E-state index is 0.509. The van der Waals surface area contributed by atoms with E-state index < -0.39 is 0 Å². The predicted octanol–water partition coefficient (Wildman–Crippen LogP) is 5.24. The fourth-order valence-corrected chi connectivity index (χ4v) is 2.43. The van der Waals surface area contributed by atoms with Crippen LogP contribution in [-0.4, -0.2) is 9.97 Å². The number of benzene rings is 2. The third-order valence-corrected chi connectivity index (χ3v) is 4.03.